The third-order valence-corrected chi connectivity index (χ3v) is 3.67. The van der Waals surface area contributed by atoms with Gasteiger partial charge in [0.1, 0.15) is 11.5 Å². The molecule has 4 heteroatoms. The molecule has 0 aliphatic rings. The van der Waals surface area contributed by atoms with Gasteiger partial charge in [0.25, 0.3) is 0 Å². The van der Waals surface area contributed by atoms with Crippen LogP contribution < -0.4 is 5.32 Å². The van der Waals surface area contributed by atoms with Crippen molar-refractivity contribution in [1.29, 1.82) is 0 Å². The van der Waals surface area contributed by atoms with Crippen LogP contribution in [0.2, 0.25) is 0 Å². The third-order valence-electron chi connectivity index (χ3n) is 2.95. The topological polar surface area (TPSA) is 52.5 Å². The number of anilines is 1. The number of aromatic hydroxyl groups is 2. The summed E-state index contributed by atoms with van der Waals surface area (Å²) in [6.45, 7) is 1.90. The summed E-state index contributed by atoms with van der Waals surface area (Å²) in [5.41, 5.74) is 1.47. The Kier molecular flexibility index (Phi) is 4.22. The maximum absolute atomic E-state index is 9.84. The van der Waals surface area contributed by atoms with E-state index in [0.29, 0.717) is 5.56 Å². The largest absolute Gasteiger partial charge is 0.507 e. The summed E-state index contributed by atoms with van der Waals surface area (Å²) in [5.74, 6) is 0.196. The number of benzene rings is 2. The molecule has 3 N–H and O–H groups in total. The lowest BCUT2D eigenvalue weighted by Crippen LogP contribution is -2.07. The molecule has 0 aliphatic heterocycles. The van der Waals surface area contributed by atoms with Gasteiger partial charge in [0.2, 0.25) is 0 Å². The fourth-order valence-corrected chi connectivity index (χ4v) is 2.48. The number of phenols is 2. The third kappa shape index (κ3) is 3.15. The highest BCUT2D eigenvalue weighted by Crippen LogP contribution is 2.34. The van der Waals surface area contributed by atoms with Crippen LogP contribution in [0.3, 0.4) is 0 Å². The summed E-state index contributed by atoms with van der Waals surface area (Å²) in [6, 6.07) is 12.6. The van der Waals surface area contributed by atoms with Crippen LogP contribution in [0.25, 0.3) is 0 Å². The van der Waals surface area contributed by atoms with Gasteiger partial charge in [-0.1, -0.05) is 12.1 Å². The van der Waals surface area contributed by atoms with Gasteiger partial charge < -0.3 is 15.5 Å². The number of hydrogen-bond acceptors (Lipinski definition) is 4. The first-order valence-electron chi connectivity index (χ1n) is 6.03. The zero-order chi connectivity index (χ0) is 13.8. The van der Waals surface area contributed by atoms with Crippen molar-refractivity contribution in [2.75, 3.05) is 11.6 Å². The van der Waals surface area contributed by atoms with E-state index in [-0.39, 0.29) is 17.5 Å². The Morgan fingerprint density at radius 2 is 1.68 bits per heavy atom. The molecule has 0 spiro atoms. The summed E-state index contributed by atoms with van der Waals surface area (Å²) < 4.78 is 0. The lowest BCUT2D eigenvalue weighted by molar-refractivity contribution is 0.434. The van der Waals surface area contributed by atoms with Gasteiger partial charge in [-0.25, -0.2) is 0 Å². The number of rotatable bonds is 4. The van der Waals surface area contributed by atoms with Crippen molar-refractivity contribution in [1.82, 2.24) is 0 Å². The highest BCUT2D eigenvalue weighted by molar-refractivity contribution is 7.98. The Morgan fingerprint density at radius 1 is 1.05 bits per heavy atom. The van der Waals surface area contributed by atoms with E-state index in [0.717, 1.165) is 5.69 Å². The van der Waals surface area contributed by atoms with Gasteiger partial charge in [-0.3, -0.25) is 0 Å². The van der Waals surface area contributed by atoms with Crippen LogP contribution in [0.15, 0.2) is 47.4 Å². The second-order valence-electron chi connectivity index (χ2n) is 4.31. The minimum absolute atomic E-state index is 0.0982. The van der Waals surface area contributed by atoms with Crippen LogP contribution in [0.5, 0.6) is 11.5 Å². The molecule has 2 aromatic rings. The first-order valence-corrected chi connectivity index (χ1v) is 7.25. The van der Waals surface area contributed by atoms with Crippen molar-refractivity contribution in [2.24, 2.45) is 0 Å². The van der Waals surface area contributed by atoms with Crippen LogP contribution in [-0.4, -0.2) is 16.5 Å². The van der Waals surface area contributed by atoms with Crippen molar-refractivity contribution in [3.8, 4) is 11.5 Å². The molecule has 0 radical (unpaired) electrons. The highest BCUT2D eigenvalue weighted by Gasteiger charge is 2.14. The second kappa shape index (κ2) is 5.89. The second-order valence-corrected chi connectivity index (χ2v) is 5.19. The average Bonchev–Trinajstić information content (AvgIpc) is 2.38. The minimum Gasteiger partial charge on any atom is -0.507 e. The summed E-state index contributed by atoms with van der Waals surface area (Å²) in [4.78, 5) is 1.17. The fraction of sp³-hybridized carbons (Fsp3) is 0.200. The molecular weight excluding hydrogens is 258 g/mol. The Morgan fingerprint density at radius 3 is 2.32 bits per heavy atom. The van der Waals surface area contributed by atoms with Crippen molar-refractivity contribution in [2.45, 2.75) is 17.9 Å². The highest BCUT2D eigenvalue weighted by atomic mass is 32.2. The van der Waals surface area contributed by atoms with E-state index in [1.165, 1.54) is 4.90 Å². The Balaban J connectivity index is 2.23. The molecule has 0 fully saturated rings. The van der Waals surface area contributed by atoms with Gasteiger partial charge in [-0.15, -0.1) is 11.8 Å². The van der Waals surface area contributed by atoms with E-state index in [1.54, 1.807) is 30.0 Å². The van der Waals surface area contributed by atoms with Crippen LogP contribution in [0, 0.1) is 0 Å². The van der Waals surface area contributed by atoms with Gasteiger partial charge in [0, 0.05) is 10.6 Å². The van der Waals surface area contributed by atoms with E-state index >= 15 is 0 Å². The fourth-order valence-electron chi connectivity index (χ4n) is 2.02. The van der Waals surface area contributed by atoms with Crippen molar-refractivity contribution in [3.05, 3.63) is 48.0 Å². The first-order chi connectivity index (χ1) is 9.11. The van der Waals surface area contributed by atoms with E-state index < -0.39 is 0 Å². The molecule has 0 bridgehead atoms. The Hall–Kier alpha value is -1.81. The molecule has 1 unspecified atom stereocenters. The van der Waals surface area contributed by atoms with Crippen LogP contribution in [0.4, 0.5) is 5.69 Å². The number of nitrogens with one attached hydrogen (secondary N) is 1. The summed E-state index contributed by atoms with van der Waals surface area (Å²) in [5, 5.41) is 23.0. The smallest absolute Gasteiger partial charge is 0.124 e. The molecule has 0 saturated carbocycles. The molecule has 2 aromatic carbocycles. The monoisotopic (exact) mass is 275 g/mol. The Bertz CT molecular complexity index is 552. The summed E-state index contributed by atoms with van der Waals surface area (Å²) in [7, 11) is 0. The lowest BCUT2D eigenvalue weighted by Gasteiger charge is -2.18. The number of hydrogen-bond donors (Lipinski definition) is 3. The molecule has 1 atom stereocenters. The van der Waals surface area contributed by atoms with Crippen LogP contribution >= 0.6 is 11.8 Å². The lowest BCUT2D eigenvalue weighted by atomic mass is 10.1. The van der Waals surface area contributed by atoms with Crippen molar-refractivity contribution < 1.29 is 10.2 Å². The molecule has 100 valence electrons. The Labute approximate surface area is 117 Å². The van der Waals surface area contributed by atoms with E-state index in [4.69, 9.17) is 0 Å². The molecule has 0 heterocycles. The quantitative estimate of drug-likeness (QED) is 0.738. The molecule has 0 aromatic heterocycles. The maximum atomic E-state index is 9.84. The van der Waals surface area contributed by atoms with Crippen LogP contribution in [0.1, 0.15) is 18.5 Å². The zero-order valence-electron chi connectivity index (χ0n) is 10.9. The van der Waals surface area contributed by atoms with Crippen LogP contribution in [-0.2, 0) is 0 Å². The molecule has 0 aliphatic carbocycles. The SMILES string of the molecule is CSc1cccc(NC(C)c2c(O)cccc2O)c1. The normalized spacial score (nSPS) is 12.1. The molecule has 0 saturated heterocycles. The number of phenolic OH excluding ortho intramolecular Hbond substituents is 2. The summed E-state index contributed by atoms with van der Waals surface area (Å²) >= 11 is 1.67. The number of thioether (sulfide) groups is 1. The van der Waals surface area contributed by atoms with Crippen molar-refractivity contribution in [3.63, 3.8) is 0 Å². The predicted octanol–water partition coefficient (Wildman–Crippen LogP) is 3.99. The molecule has 19 heavy (non-hydrogen) atoms. The van der Waals surface area contributed by atoms with E-state index in [1.807, 2.05) is 37.4 Å². The van der Waals surface area contributed by atoms with Gasteiger partial charge in [-0.2, -0.15) is 0 Å². The average molecular weight is 275 g/mol. The standard InChI is InChI=1S/C15H17NO2S/c1-10(15-13(17)7-4-8-14(15)18)16-11-5-3-6-12(9-11)19-2/h3-10,16-18H,1-2H3. The van der Waals surface area contributed by atoms with Gasteiger partial charge in [0.05, 0.1) is 11.6 Å². The summed E-state index contributed by atoms with van der Waals surface area (Å²) in [6.07, 6.45) is 2.03. The molecule has 3 nitrogen and oxygen atoms in total. The maximum Gasteiger partial charge on any atom is 0.124 e. The van der Waals surface area contributed by atoms with Gasteiger partial charge in [0.15, 0.2) is 0 Å². The minimum atomic E-state index is -0.182. The predicted molar refractivity (Wildman–Crippen MR) is 80.0 cm³/mol. The first kappa shape index (κ1) is 13.6. The molecule has 0 amide bonds. The van der Waals surface area contributed by atoms with Crippen molar-refractivity contribution >= 4 is 17.4 Å². The van der Waals surface area contributed by atoms with Gasteiger partial charge in [-0.05, 0) is 43.5 Å². The van der Waals surface area contributed by atoms with E-state index in [9.17, 15) is 10.2 Å². The zero-order valence-corrected chi connectivity index (χ0v) is 11.7. The molecular formula is C15H17NO2S. The van der Waals surface area contributed by atoms with Gasteiger partial charge >= 0.3 is 0 Å². The molecule has 2 rings (SSSR count). The van der Waals surface area contributed by atoms with E-state index in [2.05, 4.69) is 5.32 Å².